The van der Waals surface area contributed by atoms with Gasteiger partial charge < -0.3 is 4.42 Å². The third-order valence-corrected chi connectivity index (χ3v) is 2.92. The summed E-state index contributed by atoms with van der Waals surface area (Å²) < 4.78 is 6.51. The summed E-state index contributed by atoms with van der Waals surface area (Å²) in [6.07, 6.45) is 0.809. The number of rotatable bonds is 2. The molecule has 0 atom stereocenters. The third-order valence-electron chi connectivity index (χ3n) is 2.43. The molecule has 0 aliphatic rings. The third kappa shape index (κ3) is 1.72. The fourth-order valence-electron chi connectivity index (χ4n) is 1.76. The standard InChI is InChI=1S/C12H11BrO2/c1-3-9-10-5-4-8(13)6-11(10)15-12(9)7(2)14/h4-6H,3H2,1-2H3. The predicted octanol–water partition coefficient (Wildman–Crippen LogP) is 3.96. The molecule has 2 aromatic rings. The molecule has 1 aromatic heterocycles. The Hall–Kier alpha value is -1.09. The number of hydrogen-bond donors (Lipinski definition) is 0. The number of furan rings is 1. The van der Waals surface area contributed by atoms with Gasteiger partial charge in [0.2, 0.25) is 0 Å². The molecular weight excluding hydrogens is 256 g/mol. The normalized spacial score (nSPS) is 10.9. The molecule has 2 nitrogen and oxygen atoms in total. The van der Waals surface area contributed by atoms with E-state index in [2.05, 4.69) is 15.9 Å². The number of fused-ring (bicyclic) bond motifs is 1. The zero-order chi connectivity index (χ0) is 11.0. The van der Waals surface area contributed by atoms with Gasteiger partial charge >= 0.3 is 0 Å². The number of carbonyl (C=O) groups excluding carboxylic acids is 1. The maximum Gasteiger partial charge on any atom is 0.195 e. The molecule has 0 aliphatic heterocycles. The summed E-state index contributed by atoms with van der Waals surface area (Å²) in [6, 6.07) is 5.83. The highest BCUT2D eigenvalue weighted by molar-refractivity contribution is 9.10. The fraction of sp³-hybridized carbons (Fsp3) is 0.250. The van der Waals surface area contributed by atoms with Crippen molar-refractivity contribution in [3.63, 3.8) is 0 Å². The van der Waals surface area contributed by atoms with Crippen molar-refractivity contribution < 1.29 is 9.21 Å². The first-order valence-corrected chi connectivity index (χ1v) is 5.64. The Morgan fingerprint density at radius 3 is 2.80 bits per heavy atom. The first-order valence-electron chi connectivity index (χ1n) is 4.85. The maximum absolute atomic E-state index is 11.4. The second kappa shape index (κ2) is 3.81. The number of hydrogen-bond acceptors (Lipinski definition) is 2. The fourth-order valence-corrected chi connectivity index (χ4v) is 2.10. The van der Waals surface area contributed by atoms with Crippen LogP contribution in [0, 0.1) is 0 Å². The molecule has 0 bridgehead atoms. The zero-order valence-corrected chi connectivity index (χ0v) is 10.2. The van der Waals surface area contributed by atoms with E-state index in [0.717, 1.165) is 27.4 Å². The molecule has 78 valence electrons. The van der Waals surface area contributed by atoms with Crippen LogP contribution in [-0.4, -0.2) is 5.78 Å². The van der Waals surface area contributed by atoms with Crippen molar-refractivity contribution in [2.24, 2.45) is 0 Å². The van der Waals surface area contributed by atoms with E-state index >= 15 is 0 Å². The van der Waals surface area contributed by atoms with E-state index in [0.29, 0.717) is 5.76 Å². The van der Waals surface area contributed by atoms with Crippen LogP contribution in [0.4, 0.5) is 0 Å². The summed E-state index contributed by atoms with van der Waals surface area (Å²) in [5.74, 6) is 0.477. The summed E-state index contributed by atoms with van der Waals surface area (Å²) >= 11 is 3.38. The van der Waals surface area contributed by atoms with Crippen LogP contribution in [0.1, 0.15) is 30.0 Å². The van der Waals surface area contributed by atoms with Crippen LogP contribution in [0.25, 0.3) is 11.0 Å². The molecule has 3 heteroatoms. The van der Waals surface area contributed by atoms with E-state index < -0.39 is 0 Å². The van der Waals surface area contributed by atoms with Gasteiger partial charge in [0.15, 0.2) is 11.5 Å². The Morgan fingerprint density at radius 2 is 2.20 bits per heavy atom. The summed E-state index contributed by atoms with van der Waals surface area (Å²) in [6.45, 7) is 3.56. The zero-order valence-electron chi connectivity index (χ0n) is 8.63. The Morgan fingerprint density at radius 1 is 1.47 bits per heavy atom. The molecule has 1 aromatic carbocycles. The van der Waals surface area contributed by atoms with Gasteiger partial charge in [-0.3, -0.25) is 4.79 Å². The molecule has 15 heavy (non-hydrogen) atoms. The summed E-state index contributed by atoms with van der Waals surface area (Å²) in [7, 11) is 0. The molecule has 0 unspecified atom stereocenters. The highest BCUT2D eigenvalue weighted by atomic mass is 79.9. The number of carbonyl (C=O) groups is 1. The van der Waals surface area contributed by atoms with Crippen molar-refractivity contribution in [2.45, 2.75) is 20.3 Å². The first-order chi connectivity index (χ1) is 7.13. The lowest BCUT2D eigenvalue weighted by Crippen LogP contribution is -1.93. The van der Waals surface area contributed by atoms with Crippen molar-refractivity contribution in [3.05, 3.63) is 34.0 Å². The van der Waals surface area contributed by atoms with E-state index in [9.17, 15) is 4.79 Å². The minimum Gasteiger partial charge on any atom is -0.453 e. The van der Waals surface area contributed by atoms with E-state index in [-0.39, 0.29) is 5.78 Å². The lowest BCUT2D eigenvalue weighted by molar-refractivity contribution is 0.0988. The Kier molecular flexibility index (Phi) is 2.65. The van der Waals surface area contributed by atoms with E-state index in [4.69, 9.17) is 4.42 Å². The van der Waals surface area contributed by atoms with Gasteiger partial charge in [0.25, 0.3) is 0 Å². The molecule has 1 heterocycles. The van der Waals surface area contributed by atoms with Gasteiger partial charge in [0.1, 0.15) is 5.58 Å². The predicted molar refractivity (Wildman–Crippen MR) is 63.3 cm³/mol. The van der Waals surface area contributed by atoms with Gasteiger partial charge in [-0.2, -0.15) is 0 Å². The van der Waals surface area contributed by atoms with Gasteiger partial charge in [0, 0.05) is 22.3 Å². The highest BCUT2D eigenvalue weighted by Crippen LogP contribution is 2.29. The second-order valence-electron chi connectivity index (χ2n) is 3.46. The van der Waals surface area contributed by atoms with Gasteiger partial charge in [-0.15, -0.1) is 0 Å². The summed E-state index contributed by atoms with van der Waals surface area (Å²) in [4.78, 5) is 11.4. The quantitative estimate of drug-likeness (QED) is 0.771. The number of Topliss-reactive ketones (excluding diaryl/α,β-unsaturated/α-hetero) is 1. The molecule has 0 spiro atoms. The number of aryl methyl sites for hydroxylation is 1. The second-order valence-corrected chi connectivity index (χ2v) is 4.38. The van der Waals surface area contributed by atoms with E-state index in [1.807, 2.05) is 25.1 Å². The summed E-state index contributed by atoms with van der Waals surface area (Å²) in [5.41, 5.74) is 1.77. The van der Waals surface area contributed by atoms with E-state index in [1.54, 1.807) is 0 Å². The maximum atomic E-state index is 11.4. The topological polar surface area (TPSA) is 30.2 Å². The van der Waals surface area contributed by atoms with Crippen LogP contribution in [0.15, 0.2) is 27.1 Å². The number of halogens is 1. The van der Waals surface area contributed by atoms with Crippen LogP contribution in [0.3, 0.4) is 0 Å². The lowest BCUT2D eigenvalue weighted by Gasteiger charge is -1.94. The average molecular weight is 267 g/mol. The average Bonchev–Trinajstić information content (AvgIpc) is 2.55. The minimum atomic E-state index is -0.0147. The van der Waals surface area contributed by atoms with Crippen molar-refractivity contribution >= 4 is 32.7 Å². The van der Waals surface area contributed by atoms with Crippen LogP contribution in [-0.2, 0) is 6.42 Å². The Labute approximate surface area is 96.4 Å². The minimum absolute atomic E-state index is 0.0147. The van der Waals surface area contributed by atoms with E-state index in [1.165, 1.54) is 6.92 Å². The molecular formula is C12H11BrO2. The highest BCUT2D eigenvalue weighted by Gasteiger charge is 2.15. The molecule has 0 radical (unpaired) electrons. The molecule has 0 N–H and O–H groups in total. The number of ketones is 1. The first kappa shape index (κ1) is 10.4. The van der Waals surface area contributed by atoms with Crippen molar-refractivity contribution in [1.82, 2.24) is 0 Å². The van der Waals surface area contributed by atoms with Crippen molar-refractivity contribution in [1.29, 1.82) is 0 Å². The van der Waals surface area contributed by atoms with Crippen LogP contribution in [0.5, 0.6) is 0 Å². The Bertz CT molecular complexity index is 526. The van der Waals surface area contributed by atoms with Gasteiger partial charge in [-0.25, -0.2) is 0 Å². The molecule has 0 saturated carbocycles. The lowest BCUT2D eigenvalue weighted by atomic mass is 10.1. The molecule has 0 saturated heterocycles. The van der Waals surface area contributed by atoms with Crippen LogP contribution in [0.2, 0.25) is 0 Å². The van der Waals surface area contributed by atoms with Crippen molar-refractivity contribution in [3.8, 4) is 0 Å². The number of benzene rings is 1. The molecule has 0 aliphatic carbocycles. The van der Waals surface area contributed by atoms with Crippen LogP contribution >= 0.6 is 15.9 Å². The van der Waals surface area contributed by atoms with Crippen molar-refractivity contribution in [2.75, 3.05) is 0 Å². The molecule has 0 fully saturated rings. The SMILES string of the molecule is CCc1c(C(C)=O)oc2cc(Br)ccc12. The smallest absolute Gasteiger partial charge is 0.195 e. The van der Waals surface area contributed by atoms with Gasteiger partial charge in [-0.1, -0.05) is 22.9 Å². The summed E-state index contributed by atoms with van der Waals surface area (Å²) in [5, 5.41) is 1.03. The van der Waals surface area contributed by atoms with Crippen LogP contribution < -0.4 is 0 Å². The Balaban J connectivity index is 2.78. The van der Waals surface area contributed by atoms with Gasteiger partial charge in [-0.05, 0) is 24.6 Å². The monoisotopic (exact) mass is 266 g/mol. The molecule has 2 rings (SSSR count). The van der Waals surface area contributed by atoms with Gasteiger partial charge in [0.05, 0.1) is 0 Å². The molecule has 0 amide bonds. The largest absolute Gasteiger partial charge is 0.453 e.